The highest BCUT2D eigenvalue weighted by Gasteiger charge is 2.23. The molecule has 0 atom stereocenters. The van der Waals surface area contributed by atoms with E-state index in [0.717, 1.165) is 51.3 Å². The predicted molar refractivity (Wildman–Crippen MR) is 89.6 cm³/mol. The molecule has 0 spiro atoms. The molecular formula is C17H24N4O2. The first-order chi connectivity index (χ1) is 11.2. The number of nitrogens with zero attached hydrogens (tertiary/aromatic N) is 2. The molecule has 2 heterocycles. The van der Waals surface area contributed by atoms with Crippen molar-refractivity contribution in [2.75, 3.05) is 44.2 Å². The largest absolute Gasteiger partial charge is 0.328 e. The van der Waals surface area contributed by atoms with Gasteiger partial charge in [-0.25, -0.2) is 4.79 Å². The Balaban J connectivity index is 1.48. The number of benzene rings is 1. The van der Waals surface area contributed by atoms with Gasteiger partial charge in [0.25, 0.3) is 0 Å². The van der Waals surface area contributed by atoms with Gasteiger partial charge in [0.1, 0.15) is 0 Å². The van der Waals surface area contributed by atoms with Crippen LogP contribution in [0.1, 0.15) is 18.4 Å². The van der Waals surface area contributed by atoms with E-state index in [0.29, 0.717) is 13.0 Å². The zero-order valence-electron chi connectivity index (χ0n) is 13.4. The first-order valence-electron chi connectivity index (χ1n) is 8.36. The summed E-state index contributed by atoms with van der Waals surface area (Å²) in [5.74, 6) is -0.198. The SMILES string of the molecule is O=C1CCN(c2ccc(CCCN3CCNCC3)cc2)C(=O)N1. The average molecular weight is 316 g/mol. The van der Waals surface area contributed by atoms with Crippen molar-refractivity contribution in [2.45, 2.75) is 19.3 Å². The summed E-state index contributed by atoms with van der Waals surface area (Å²) in [4.78, 5) is 27.1. The molecule has 2 aliphatic rings. The summed E-state index contributed by atoms with van der Waals surface area (Å²) >= 11 is 0. The van der Waals surface area contributed by atoms with Gasteiger partial charge in [-0.2, -0.15) is 0 Å². The van der Waals surface area contributed by atoms with Crippen LogP contribution in [0.3, 0.4) is 0 Å². The standard InChI is InChI=1S/C17H24N4O2/c22-16-7-11-21(17(23)19-16)15-5-3-14(4-6-15)2-1-10-20-12-8-18-9-13-20/h3-6,18H,1-2,7-13H2,(H,19,22,23). The number of carbonyl (C=O) groups excluding carboxylic acids is 2. The smallest absolute Gasteiger partial charge is 0.314 e. The highest BCUT2D eigenvalue weighted by molar-refractivity contribution is 6.05. The maximum atomic E-state index is 11.8. The van der Waals surface area contributed by atoms with Crippen molar-refractivity contribution in [1.82, 2.24) is 15.5 Å². The third-order valence-corrected chi connectivity index (χ3v) is 4.45. The first-order valence-corrected chi connectivity index (χ1v) is 8.36. The van der Waals surface area contributed by atoms with Crippen molar-refractivity contribution in [1.29, 1.82) is 0 Å². The molecule has 1 aromatic carbocycles. The van der Waals surface area contributed by atoms with Crippen LogP contribution >= 0.6 is 0 Å². The number of amides is 3. The zero-order chi connectivity index (χ0) is 16.1. The molecule has 0 aromatic heterocycles. The average Bonchev–Trinajstić information content (AvgIpc) is 2.57. The number of anilines is 1. The maximum Gasteiger partial charge on any atom is 0.328 e. The molecule has 6 nitrogen and oxygen atoms in total. The molecule has 1 aromatic rings. The fourth-order valence-corrected chi connectivity index (χ4v) is 3.09. The number of imide groups is 1. The number of piperazine rings is 1. The van der Waals surface area contributed by atoms with E-state index in [2.05, 4.69) is 27.7 Å². The van der Waals surface area contributed by atoms with Crippen molar-refractivity contribution in [3.63, 3.8) is 0 Å². The van der Waals surface area contributed by atoms with Gasteiger partial charge >= 0.3 is 6.03 Å². The number of hydrogen-bond donors (Lipinski definition) is 2. The molecule has 0 unspecified atom stereocenters. The summed E-state index contributed by atoms with van der Waals surface area (Å²) in [6, 6.07) is 7.77. The summed E-state index contributed by atoms with van der Waals surface area (Å²) in [5.41, 5.74) is 2.14. The molecule has 0 saturated carbocycles. The summed E-state index contributed by atoms with van der Waals surface area (Å²) in [7, 11) is 0. The fraction of sp³-hybridized carbons (Fsp3) is 0.529. The number of urea groups is 1. The van der Waals surface area contributed by atoms with E-state index < -0.39 is 0 Å². The Labute approximate surface area is 136 Å². The van der Waals surface area contributed by atoms with E-state index in [1.807, 2.05) is 12.1 Å². The lowest BCUT2D eigenvalue weighted by Crippen LogP contribution is -2.49. The first kappa shape index (κ1) is 16.0. The quantitative estimate of drug-likeness (QED) is 0.850. The number of nitrogens with one attached hydrogen (secondary N) is 2. The molecule has 3 amide bonds. The fourth-order valence-electron chi connectivity index (χ4n) is 3.09. The van der Waals surface area contributed by atoms with Crippen molar-refractivity contribution in [3.8, 4) is 0 Å². The molecule has 6 heteroatoms. The van der Waals surface area contributed by atoms with Crippen LogP contribution in [-0.4, -0.2) is 56.1 Å². The third-order valence-electron chi connectivity index (χ3n) is 4.45. The van der Waals surface area contributed by atoms with Crippen LogP contribution in [0.25, 0.3) is 0 Å². The highest BCUT2D eigenvalue weighted by atomic mass is 16.2. The monoisotopic (exact) mass is 316 g/mol. The Kier molecular flexibility index (Phi) is 5.25. The number of rotatable bonds is 5. The Morgan fingerprint density at radius 3 is 2.43 bits per heavy atom. The van der Waals surface area contributed by atoms with Crippen molar-refractivity contribution in [2.24, 2.45) is 0 Å². The highest BCUT2D eigenvalue weighted by Crippen LogP contribution is 2.18. The molecule has 0 aliphatic carbocycles. The minimum atomic E-state index is -0.326. The van der Waals surface area contributed by atoms with E-state index >= 15 is 0 Å². The predicted octanol–water partition coefficient (Wildman–Crippen LogP) is 0.971. The van der Waals surface area contributed by atoms with Crippen LogP contribution in [0.5, 0.6) is 0 Å². The van der Waals surface area contributed by atoms with Crippen LogP contribution in [0.2, 0.25) is 0 Å². The lowest BCUT2D eigenvalue weighted by molar-refractivity contribution is -0.120. The van der Waals surface area contributed by atoms with Crippen LogP contribution in [0, 0.1) is 0 Å². The van der Waals surface area contributed by atoms with Crippen LogP contribution in [0.4, 0.5) is 10.5 Å². The molecular weight excluding hydrogens is 292 g/mol. The molecule has 3 rings (SSSR count). The van der Waals surface area contributed by atoms with Gasteiger partial charge in [0, 0.05) is 44.8 Å². The maximum absolute atomic E-state index is 11.8. The Morgan fingerprint density at radius 1 is 1.00 bits per heavy atom. The minimum Gasteiger partial charge on any atom is -0.314 e. The van der Waals surface area contributed by atoms with Gasteiger partial charge in [0.15, 0.2) is 0 Å². The molecule has 0 radical (unpaired) electrons. The number of carbonyl (C=O) groups is 2. The molecule has 124 valence electrons. The van der Waals surface area contributed by atoms with E-state index in [1.165, 1.54) is 5.56 Å². The molecule has 2 fully saturated rings. The normalized spacial score (nSPS) is 19.7. The second-order valence-corrected chi connectivity index (χ2v) is 6.12. The lowest BCUT2D eigenvalue weighted by atomic mass is 10.1. The summed E-state index contributed by atoms with van der Waals surface area (Å²) in [6.45, 7) is 6.06. The van der Waals surface area contributed by atoms with Crippen LogP contribution in [0.15, 0.2) is 24.3 Å². The second-order valence-electron chi connectivity index (χ2n) is 6.12. The van der Waals surface area contributed by atoms with Gasteiger partial charge in [0.05, 0.1) is 0 Å². The topological polar surface area (TPSA) is 64.7 Å². The van der Waals surface area contributed by atoms with Gasteiger partial charge in [-0.15, -0.1) is 0 Å². The Hall–Kier alpha value is -1.92. The Bertz CT molecular complexity index is 552. The van der Waals surface area contributed by atoms with E-state index in [-0.39, 0.29) is 11.9 Å². The second kappa shape index (κ2) is 7.57. The van der Waals surface area contributed by atoms with Crippen molar-refractivity contribution >= 4 is 17.6 Å². The number of aryl methyl sites for hydroxylation is 1. The van der Waals surface area contributed by atoms with Gasteiger partial charge in [-0.05, 0) is 37.1 Å². The van der Waals surface area contributed by atoms with E-state index in [1.54, 1.807) is 4.90 Å². The third kappa shape index (κ3) is 4.30. The van der Waals surface area contributed by atoms with Gasteiger partial charge in [-0.3, -0.25) is 15.0 Å². The lowest BCUT2D eigenvalue weighted by Gasteiger charge is -2.27. The number of hydrogen-bond acceptors (Lipinski definition) is 4. The summed E-state index contributed by atoms with van der Waals surface area (Å²) in [5, 5.41) is 5.72. The molecule has 2 aliphatic heterocycles. The molecule has 2 saturated heterocycles. The Morgan fingerprint density at radius 2 is 1.74 bits per heavy atom. The molecule has 0 bridgehead atoms. The van der Waals surface area contributed by atoms with Crippen molar-refractivity contribution < 1.29 is 9.59 Å². The van der Waals surface area contributed by atoms with Crippen LogP contribution < -0.4 is 15.5 Å². The van der Waals surface area contributed by atoms with Gasteiger partial charge in [0.2, 0.25) is 5.91 Å². The zero-order valence-corrected chi connectivity index (χ0v) is 13.4. The van der Waals surface area contributed by atoms with E-state index in [9.17, 15) is 9.59 Å². The van der Waals surface area contributed by atoms with Gasteiger partial charge in [-0.1, -0.05) is 12.1 Å². The minimum absolute atomic E-state index is 0.198. The summed E-state index contributed by atoms with van der Waals surface area (Å²) in [6.07, 6.45) is 2.56. The molecule has 23 heavy (non-hydrogen) atoms. The van der Waals surface area contributed by atoms with Crippen molar-refractivity contribution in [3.05, 3.63) is 29.8 Å². The molecule has 2 N–H and O–H groups in total. The van der Waals surface area contributed by atoms with Gasteiger partial charge < -0.3 is 10.2 Å². The summed E-state index contributed by atoms with van der Waals surface area (Å²) < 4.78 is 0. The van der Waals surface area contributed by atoms with Crippen LogP contribution in [-0.2, 0) is 11.2 Å². The van der Waals surface area contributed by atoms with E-state index in [4.69, 9.17) is 0 Å².